The first-order valence-corrected chi connectivity index (χ1v) is 8.18. The Bertz CT molecular complexity index is 882. The lowest BCUT2D eigenvalue weighted by molar-refractivity contribution is -0.119. The summed E-state index contributed by atoms with van der Waals surface area (Å²) in [6.07, 6.45) is 1.23. The lowest BCUT2D eigenvalue weighted by Gasteiger charge is -2.12. The maximum Gasteiger partial charge on any atom is 0.340 e. The molecule has 0 saturated carbocycles. The molecule has 9 heteroatoms. The molecule has 0 bridgehead atoms. The second kappa shape index (κ2) is 9.81. The molecule has 0 aliphatic heterocycles. The van der Waals surface area contributed by atoms with Crippen LogP contribution in [-0.2, 0) is 4.79 Å². The Hall–Kier alpha value is -3.75. The van der Waals surface area contributed by atoms with Crippen LogP contribution in [0.3, 0.4) is 0 Å². The summed E-state index contributed by atoms with van der Waals surface area (Å²) in [4.78, 5) is 23.5. The summed E-state index contributed by atoms with van der Waals surface area (Å²) in [6, 6.07) is 10.2. The third-order valence-corrected chi connectivity index (χ3v) is 3.73. The van der Waals surface area contributed by atoms with Gasteiger partial charge in [-0.25, -0.2) is 10.2 Å². The lowest BCUT2D eigenvalue weighted by Crippen LogP contribution is -2.26. The minimum atomic E-state index is -1.21. The van der Waals surface area contributed by atoms with Crippen LogP contribution in [0.5, 0.6) is 17.2 Å². The first-order chi connectivity index (χ1) is 13.5. The molecule has 0 fully saturated rings. The zero-order chi connectivity index (χ0) is 20.5. The van der Waals surface area contributed by atoms with Crippen LogP contribution in [0, 0.1) is 0 Å². The number of hydrazone groups is 1. The number of amides is 1. The van der Waals surface area contributed by atoms with Crippen molar-refractivity contribution in [3.05, 3.63) is 47.5 Å². The Morgan fingerprint density at radius 2 is 1.75 bits per heavy atom. The van der Waals surface area contributed by atoms with Crippen molar-refractivity contribution in [1.82, 2.24) is 5.43 Å². The Balaban J connectivity index is 2.06. The number of anilines is 1. The van der Waals surface area contributed by atoms with Gasteiger partial charge in [-0.2, -0.15) is 5.10 Å². The van der Waals surface area contributed by atoms with Gasteiger partial charge < -0.3 is 24.6 Å². The van der Waals surface area contributed by atoms with Crippen LogP contribution in [0.15, 0.2) is 41.5 Å². The van der Waals surface area contributed by atoms with Gasteiger partial charge in [0.2, 0.25) is 0 Å². The fourth-order valence-electron chi connectivity index (χ4n) is 2.45. The summed E-state index contributed by atoms with van der Waals surface area (Å²) < 4.78 is 15.4. The van der Waals surface area contributed by atoms with Gasteiger partial charge in [0.15, 0.2) is 11.5 Å². The van der Waals surface area contributed by atoms with Crippen molar-refractivity contribution in [2.24, 2.45) is 5.10 Å². The van der Waals surface area contributed by atoms with E-state index in [1.807, 2.05) is 12.1 Å². The molecule has 0 spiro atoms. The first kappa shape index (κ1) is 20.6. The monoisotopic (exact) mass is 387 g/mol. The predicted octanol–water partition coefficient (Wildman–Crippen LogP) is 1.97. The number of ether oxygens (including phenoxy) is 3. The third-order valence-electron chi connectivity index (χ3n) is 3.73. The average Bonchev–Trinajstić information content (AvgIpc) is 2.71. The normalized spacial score (nSPS) is 10.4. The van der Waals surface area contributed by atoms with Gasteiger partial charge in [-0.1, -0.05) is 12.1 Å². The highest BCUT2D eigenvalue weighted by Gasteiger charge is 2.20. The Kier molecular flexibility index (Phi) is 7.21. The average molecular weight is 387 g/mol. The highest BCUT2D eigenvalue weighted by Crippen LogP contribution is 2.32. The number of hydrogen-bond donors (Lipinski definition) is 3. The second-order valence-corrected chi connectivity index (χ2v) is 5.42. The summed E-state index contributed by atoms with van der Waals surface area (Å²) in [5, 5.41) is 16.2. The highest BCUT2D eigenvalue weighted by atomic mass is 16.5. The van der Waals surface area contributed by atoms with E-state index in [1.165, 1.54) is 33.6 Å². The summed E-state index contributed by atoms with van der Waals surface area (Å²) in [5.41, 5.74) is 3.13. The number of nitrogens with zero attached hydrogens (tertiary/aromatic N) is 1. The number of methoxy groups -OCH3 is 3. The maximum atomic E-state index is 12.0. The molecule has 2 rings (SSSR count). The zero-order valence-corrected chi connectivity index (χ0v) is 15.7. The number of aromatic carboxylic acids is 1. The van der Waals surface area contributed by atoms with E-state index in [-0.39, 0.29) is 29.2 Å². The highest BCUT2D eigenvalue weighted by molar-refractivity contribution is 6.02. The molecule has 1 amide bonds. The number of carbonyl (C=O) groups is 2. The largest absolute Gasteiger partial charge is 0.495 e. The molecule has 0 aliphatic rings. The minimum absolute atomic E-state index is 0.0462. The van der Waals surface area contributed by atoms with Gasteiger partial charge in [0.1, 0.15) is 11.3 Å². The lowest BCUT2D eigenvalue weighted by atomic mass is 10.1. The van der Waals surface area contributed by atoms with Crippen LogP contribution in [0.1, 0.15) is 15.9 Å². The van der Waals surface area contributed by atoms with Crippen LogP contribution >= 0.6 is 0 Å². The van der Waals surface area contributed by atoms with Gasteiger partial charge in [0, 0.05) is 5.56 Å². The van der Waals surface area contributed by atoms with E-state index < -0.39 is 11.9 Å². The molecule has 0 aromatic heterocycles. The van der Waals surface area contributed by atoms with Gasteiger partial charge in [-0.15, -0.1) is 0 Å². The number of carbonyl (C=O) groups excluding carboxylic acids is 1. The SMILES string of the molecule is COc1ccccc1NCC(=O)N/N=C\c1ccc(OC)c(OC)c1C(=O)O. The molecule has 2 aromatic rings. The molecule has 0 saturated heterocycles. The van der Waals surface area contributed by atoms with Gasteiger partial charge >= 0.3 is 5.97 Å². The van der Waals surface area contributed by atoms with Crippen molar-refractivity contribution in [3.8, 4) is 17.2 Å². The van der Waals surface area contributed by atoms with Crippen LogP contribution in [-0.4, -0.2) is 51.1 Å². The van der Waals surface area contributed by atoms with Crippen molar-refractivity contribution in [2.75, 3.05) is 33.2 Å². The second-order valence-electron chi connectivity index (χ2n) is 5.42. The van der Waals surface area contributed by atoms with Crippen LogP contribution in [0.25, 0.3) is 0 Å². The number of nitrogens with one attached hydrogen (secondary N) is 2. The molecule has 0 unspecified atom stereocenters. The van der Waals surface area contributed by atoms with E-state index in [0.717, 1.165) is 0 Å². The third kappa shape index (κ3) is 4.91. The topological polar surface area (TPSA) is 118 Å². The van der Waals surface area contributed by atoms with Crippen LogP contribution in [0.4, 0.5) is 5.69 Å². The molecular formula is C19H21N3O6. The van der Waals surface area contributed by atoms with Gasteiger partial charge in [0.05, 0.1) is 39.8 Å². The molecule has 0 radical (unpaired) electrons. The molecule has 28 heavy (non-hydrogen) atoms. The van der Waals surface area contributed by atoms with Crippen molar-refractivity contribution >= 4 is 23.8 Å². The van der Waals surface area contributed by atoms with Crippen molar-refractivity contribution in [1.29, 1.82) is 0 Å². The summed E-state index contributed by atoms with van der Waals surface area (Å²) in [6.45, 7) is -0.0462. The van der Waals surface area contributed by atoms with Crippen molar-refractivity contribution in [2.45, 2.75) is 0 Å². The predicted molar refractivity (Wildman–Crippen MR) is 104 cm³/mol. The van der Waals surface area contributed by atoms with E-state index in [2.05, 4.69) is 15.8 Å². The fourth-order valence-corrected chi connectivity index (χ4v) is 2.45. The molecule has 0 atom stereocenters. The number of carboxylic acids is 1. The Labute approximate surface area is 161 Å². The Morgan fingerprint density at radius 3 is 2.39 bits per heavy atom. The van der Waals surface area contributed by atoms with Gasteiger partial charge in [-0.05, 0) is 24.3 Å². The molecule has 0 aliphatic carbocycles. The van der Waals surface area contributed by atoms with Crippen LogP contribution < -0.4 is 25.0 Å². The summed E-state index contributed by atoms with van der Waals surface area (Å²) >= 11 is 0. The van der Waals surface area contributed by atoms with Crippen LogP contribution in [0.2, 0.25) is 0 Å². The number of carboxylic acid groups (broad SMARTS) is 1. The Morgan fingerprint density at radius 1 is 1.04 bits per heavy atom. The summed E-state index contributed by atoms with van der Waals surface area (Å²) in [5.74, 6) is -0.665. The molecule has 148 valence electrons. The minimum Gasteiger partial charge on any atom is -0.495 e. The number of rotatable bonds is 9. The molecule has 3 N–H and O–H groups in total. The van der Waals surface area contributed by atoms with Crippen molar-refractivity contribution in [3.63, 3.8) is 0 Å². The molecular weight excluding hydrogens is 366 g/mol. The maximum absolute atomic E-state index is 12.0. The van der Waals surface area contributed by atoms with Gasteiger partial charge in [0.25, 0.3) is 5.91 Å². The summed E-state index contributed by atoms with van der Waals surface area (Å²) in [7, 11) is 4.29. The number of benzene rings is 2. The van der Waals surface area contributed by atoms with E-state index >= 15 is 0 Å². The quantitative estimate of drug-likeness (QED) is 0.445. The number of para-hydroxylation sites is 2. The smallest absolute Gasteiger partial charge is 0.340 e. The molecule has 0 heterocycles. The van der Waals surface area contributed by atoms with E-state index in [1.54, 1.807) is 18.2 Å². The number of hydrogen-bond acceptors (Lipinski definition) is 7. The zero-order valence-electron chi connectivity index (χ0n) is 15.7. The first-order valence-electron chi connectivity index (χ1n) is 8.18. The molecule has 9 nitrogen and oxygen atoms in total. The van der Waals surface area contributed by atoms with E-state index in [9.17, 15) is 14.7 Å². The van der Waals surface area contributed by atoms with Crippen molar-refractivity contribution < 1.29 is 28.9 Å². The van der Waals surface area contributed by atoms with Gasteiger partial charge in [-0.3, -0.25) is 4.79 Å². The fraction of sp³-hybridized carbons (Fsp3) is 0.211. The van der Waals surface area contributed by atoms with E-state index in [4.69, 9.17) is 14.2 Å². The standard InChI is InChI=1S/C19H21N3O6/c1-26-14-7-5-4-6-13(14)20-11-16(23)22-21-10-12-8-9-15(27-2)18(28-3)17(12)19(24)25/h4-10,20H,11H2,1-3H3,(H,22,23)(H,24,25)/b21-10-. The van der Waals surface area contributed by atoms with E-state index in [0.29, 0.717) is 11.4 Å². The molecule has 2 aromatic carbocycles.